The van der Waals surface area contributed by atoms with Crippen LogP contribution in [0.5, 0.6) is 0 Å². The minimum atomic E-state index is 0.723. The van der Waals surface area contributed by atoms with Crippen molar-refractivity contribution in [2.45, 2.75) is 0 Å². The first-order valence-electron chi connectivity index (χ1n) is 3.68. The third-order valence-electron chi connectivity index (χ3n) is 1.83. The Morgan fingerprint density at radius 1 is 1.09 bits per heavy atom. The summed E-state index contributed by atoms with van der Waals surface area (Å²) in [5.41, 5.74) is 1.19. The maximum atomic E-state index is 4.33. The van der Waals surface area contributed by atoms with E-state index in [1.165, 1.54) is 10.6 Å². The molecule has 0 aliphatic rings. The van der Waals surface area contributed by atoms with Crippen molar-refractivity contribution in [2.75, 3.05) is 0 Å². The monoisotopic (exact) mass is 167 g/mol. The van der Waals surface area contributed by atoms with Gasteiger partial charge in [-0.3, -0.25) is 0 Å². The number of pyridine rings is 1. The summed E-state index contributed by atoms with van der Waals surface area (Å²) in [4.78, 5) is 4.33. The zero-order valence-electron chi connectivity index (χ0n) is 6.41. The van der Waals surface area contributed by atoms with E-state index < -0.39 is 0 Å². The molecule has 11 heavy (non-hydrogen) atoms. The van der Waals surface area contributed by atoms with E-state index in [-0.39, 0.29) is 0 Å². The summed E-state index contributed by atoms with van der Waals surface area (Å²) >= 11 is 0.723. The van der Waals surface area contributed by atoms with Crippen LogP contribution in [-0.2, 0) is 0 Å². The third-order valence-corrected chi connectivity index (χ3v) is 3.09. The average molecular weight is 167 g/mol. The van der Waals surface area contributed by atoms with Crippen molar-refractivity contribution in [3.63, 3.8) is 0 Å². The van der Waals surface area contributed by atoms with Gasteiger partial charge in [-0.1, -0.05) is 0 Å². The van der Waals surface area contributed by atoms with Crippen LogP contribution in [0.4, 0.5) is 0 Å². The molecule has 2 rings (SSSR count). The van der Waals surface area contributed by atoms with E-state index in [4.69, 9.17) is 0 Å². The number of rotatable bonds is 0. The Labute approximate surface area is 99.4 Å². The quantitative estimate of drug-likeness (QED) is 0.534. The maximum absolute atomic E-state index is 4.33. The number of aromatic nitrogens is 1. The van der Waals surface area contributed by atoms with Crippen LogP contribution in [-0.4, -0.2) is 53.9 Å². The van der Waals surface area contributed by atoms with Gasteiger partial charge in [0.15, 0.2) is 0 Å². The number of para-hydroxylation sites is 1. The first kappa shape index (κ1) is 7.89. The molecule has 0 atom stereocenters. The van der Waals surface area contributed by atoms with E-state index in [2.05, 4.69) is 29.2 Å². The Morgan fingerprint density at radius 2 is 1.91 bits per heavy atom. The number of hydrogen-bond donors (Lipinski definition) is 0. The first-order chi connectivity index (χ1) is 5.38. The predicted octanol–water partition coefficient (Wildman–Crippen LogP) is 1.03. The molecule has 0 radical (unpaired) electrons. The summed E-state index contributed by atoms with van der Waals surface area (Å²) in [7, 11) is 0. The SMILES string of the molecule is [K][c]1cccc2cccnc12. The molecule has 0 unspecified atom stereocenters. The zero-order chi connectivity index (χ0) is 7.68. The average Bonchev–Trinajstić information content (AvgIpc) is 2.06. The summed E-state index contributed by atoms with van der Waals surface area (Å²) in [6, 6.07) is 10.5. The molecule has 0 bridgehead atoms. The number of nitrogens with zero attached hydrogens (tertiary/aromatic N) is 1. The molecular formula is C9H6KN. The molecule has 0 N–H and O–H groups in total. The second-order valence-corrected chi connectivity index (χ2v) is 4.33. The van der Waals surface area contributed by atoms with Gasteiger partial charge in [-0.15, -0.1) is 0 Å². The van der Waals surface area contributed by atoms with Crippen LogP contribution in [0.2, 0.25) is 0 Å². The van der Waals surface area contributed by atoms with Crippen molar-refractivity contribution in [1.82, 2.24) is 4.98 Å². The molecule has 2 aromatic rings. The van der Waals surface area contributed by atoms with Gasteiger partial charge in [0.2, 0.25) is 0 Å². The van der Waals surface area contributed by atoms with Crippen LogP contribution in [0.1, 0.15) is 0 Å². The molecular weight excluding hydrogens is 161 g/mol. The molecule has 2 heteroatoms. The van der Waals surface area contributed by atoms with E-state index in [0.717, 1.165) is 49.0 Å². The van der Waals surface area contributed by atoms with Gasteiger partial charge < -0.3 is 0 Å². The van der Waals surface area contributed by atoms with Gasteiger partial charge in [0, 0.05) is 0 Å². The standard InChI is InChI=1S/C9H6N.K/c1-2-6-9-8(4-1)5-3-7-10-9;/h1-5,7H;. The molecule has 1 heterocycles. The number of benzene rings is 1. The fourth-order valence-corrected chi connectivity index (χ4v) is 2.21. The second kappa shape index (κ2) is 3.33. The molecule has 0 amide bonds. The number of hydrogen-bond acceptors (Lipinski definition) is 1. The first-order valence-corrected chi connectivity index (χ1v) is 5.24. The van der Waals surface area contributed by atoms with Gasteiger partial charge in [-0.25, -0.2) is 0 Å². The fourth-order valence-electron chi connectivity index (χ4n) is 1.26. The van der Waals surface area contributed by atoms with Crippen LogP contribution < -0.4 is -0.342 Å². The molecule has 1 nitrogen and oxygen atoms in total. The fraction of sp³-hybridized carbons (Fsp3) is 0. The van der Waals surface area contributed by atoms with Crippen molar-refractivity contribution in [1.29, 1.82) is 0 Å². The molecule has 1 aromatic carbocycles. The van der Waals surface area contributed by atoms with E-state index in [9.17, 15) is 0 Å². The summed E-state index contributed by atoms with van der Waals surface area (Å²) in [6.07, 6.45) is 1.86. The van der Waals surface area contributed by atoms with Crippen LogP contribution in [0, 0.1) is 0 Å². The van der Waals surface area contributed by atoms with Crippen molar-refractivity contribution >= 4 is 59.5 Å². The minimum absolute atomic E-state index is 0.723. The van der Waals surface area contributed by atoms with E-state index in [0.29, 0.717) is 0 Å². The Hall–Kier alpha value is 0.266. The van der Waals surface area contributed by atoms with Crippen LogP contribution in [0.3, 0.4) is 0 Å². The summed E-state index contributed by atoms with van der Waals surface area (Å²) in [6.45, 7) is 0. The topological polar surface area (TPSA) is 12.9 Å². The Bertz CT molecular complexity index is 379. The third kappa shape index (κ3) is 1.55. The Balaban J connectivity index is 2.91. The molecule has 0 aliphatic heterocycles. The van der Waals surface area contributed by atoms with Gasteiger partial charge in [-0.05, 0) is 0 Å². The molecule has 0 fully saturated rings. The molecule has 1 aromatic heterocycles. The summed E-state index contributed by atoms with van der Waals surface area (Å²) in [5, 5.41) is 1.26. The molecule has 0 aliphatic carbocycles. The van der Waals surface area contributed by atoms with Crippen molar-refractivity contribution in [3.8, 4) is 0 Å². The van der Waals surface area contributed by atoms with E-state index >= 15 is 0 Å². The normalized spacial score (nSPS) is 10.4. The van der Waals surface area contributed by atoms with Gasteiger partial charge in [-0.2, -0.15) is 0 Å². The van der Waals surface area contributed by atoms with Gasteiger partial charge >= 0.3 is 101 Å². The van der Waals surface area contributed by atoms with E-state index in [1.54, 1.807) is 0 Å². The number of fused-ring (bicyclic) bond motifs is 1. The molecule has 48 valence electrons. The second-order valence-electron chi connectivity index (χ2n) is 2.65. The van der Waals surface area contributed by atoms with Gasteiger partial charge in [0.05, 0.1) is 0 Å². The summed E-state index contributed by atoms with van der Waals surface area (Å²) < 4.78 is 1.43. The molecule has 0 spiro atoms. The zero-order valence-corrected chi connectivity index (χ0v) is 9.53. The molecule has 0 saturated heterocycles. The molecule has 0 saturated carbocycles. The van der Waals surface area contributed by atoms with Crippen LogP contribution in [0.15, 0.2) is 36.5 Å². The predicted molar refractivity (Wildman–Crippen MR) is 47.1 cm³/mol. The van der Waals surface area contributed by atoms with Crippen molar-refractivity contribution < 1.29 is 0 Å². The Kier molecular flexibility index (Phi) is 2.39. The van der Waals surface area contributed by atoms with Crippen molar-refractivity contribution in [3.05, 3.63) is 36.5 Å². The van der Waals surface area contributed by atoms with Crippen LogP contribution in [0.25, 0.3) is 10.9 Å². The van der Waals surface area contributed by atoms with Gasteiger partial charge in [0.1, 0.15) is 0 Å². The van der Waals surface area contributed by atoms with Crippen LogP contribution >= 0.6 is 0 Å². The van der Waals surface area contributed by atoms with Gasteiger partial charge in [0.25, 0.3) is 0 Å². The summed E-state index contributed by atoms with van der Waals surface area (Å²) in [5.74, 6) is 0. The van der Waals surface area contributed by atoms with E-state index in [1.807, 2.05) is 12.3 Å². The van der Waals surface area contributed by atoms with Crippen molar-refractivity contribution in [2.24, 2.45) is 0 Å². The Morgan fingerprint density at radius 3 is 2.73 bits per heavy atom.